The summed E-state index contributed by atoms with van der Waals surface area (Å²) in [5.41, 5.74) is 1.26. The van der Waals surface area contributed by atoms with Crippen LogP contribution in [0.15, 0.2) is 36.7 Å². The third-order valence-corrected chi connectivity index (χ3v) is 3.56. The fourth-order valence-corrected chi connectivity index (χ4v) is 2.36. The lowest BCUT2D eigenvalue weighted by molar-refractivity contribution is 0.0695. The van der Waals surface area contributed by atoms with Crippen LogP contribution in [-0.2, 0) is 19.5 Å². The molecule has 0 amide bonds. The van der Waals surface area contributed by atoms with Gasteiger partial charge in [-0.05, 0) is 32.0 Å². The second-order valence-electron chi connectivity index (χ2n) is 5.08. The molecule has 0 radical (unpaired) electrons. The third kappa shape index (κ3) is 3.92. The number of benzene rings is 1. The smallest absolute Gasteiger partial charge is 0.335 e. The molecule has 0 aliphatic heterocycles. The number of aryl methyl sites for hydroxylation is 1. The number of imidazole rings is 1. The van der Waals surface area contributed by atoms with Gasteiger partial charge in [0.05, 0.1) is 12.1 Å². The summed E-state index contributed by atoms with van der Waals surface area (Å²) in [5, 5.41) is 9.18. The number of rotatable bonds is 7. The molecule has 2 aromatic rings. The Morgan fingerprint density at radius 1 is 1.38 bits per heavy atom. The Hall–Kier alpha value is -2.14. The van der Waals surface area contributed by atoms with Gasteiger partial charge >= 0.3 is 5.97 Å². The Kier molecular flexibility index (Phi) is 5.11. The van der Waals surface area contributed by atoms with Gasteiger partial charge in [-0.1, -0.05) is 18.2 Å². The molecule has 0 saturated carbocycles. The summed E-state index contributed by atoms with van der Waals surface area (Å²) in [6.07, 6.45) is 4.50. The minimum absolute atomic E-state index is 0.390. The molecule has 2 rings (SSSR count). The van der Waals surface area contributed by atoms with Gasteiger partial charge in [-0.15, -0.1) is 0 Å². The minimum Gasteiger partial charge on any atom is -0.478 e. The summed E-state index contributed by atoms with van der Waals surface area (Å²) in [6.45, 7) is 4.55. The largest absolute Gasteiger partial charge is 0.478 e. The number of carbonyl (C=O) groups is 1. The van der Waals surface area contributed by atoms with Gasteiger partial charge in [-0.25, -0.2) is 9.78 Å². The molecule has 1 heterocycles. The molecule has 1 aromatic carbocycles. The van der Waals surface area contributed by atoms with E-state index in [0.29, 0.717) is 12.0 Å². The maximum atomic E-state index is 11.2. The fourth-order valence-electron chi connectivity index (χ4n) is 2.36. The van der Waals surface area contributed by atoms with Crippen LogP contribution in [0.4, 0.5) is 0 Å². The Labute approximate surface area is 124 Å². The van der Waals surface area contributed by atoms with Crippen molar-refractivity contribution in [3.05, 3.63) is 53.6 Å². The van der Waals surface area contributed by atoms with E-state index in [1.54, 1.807) is 12.1 Å². The number of hydrogen-bond acceptors (Lipinski definition) is 3. The van der Waals surface area contributed by atoms with Crippen LogP contribution in [0.25, 0.3) is 0 Å². The van der Waals surface area contributed by atoms with Crippen molar-refractivity contribution < 1.29 is 9.90 Å². The maximum absolute atomic E-state index is 11.2. The van der Waals surface area contributed by atoms with Crippen LogP contribution < -0.4 is 0 Å². The first kappa shape index (κ1) is 15.3. The molecule has 0 bridgehead atoms. The van der Waals surface area contributed by atoms with Crippen LogP contribution in [0.3, 0.4) is 0 Å². The molecular weight excluding hydrogens is 266 g/mol. The summed E-state index contributed by atoms with van der Waals surface area (Å²) in [7, 11) is 2.03. The van der Waals surface area contributed by atoms with Crippen LogP contribution in [0, 0.1) is 0 Å². The van der Waals surface area contributed by atoms with Gasteiger partial charge in [0.15, 0.2) is 0 Å². The number of aromatic nitrogens is 2. The molecule has 0 aliphatic rings. The van der Waals surface area contributed by atoms with Gasteiger partial charge in [0.1, 0.15) is 5.82 Å². The molecule has 5 nitrogen and oxygen atoms in total. The van der Waals surface area contributed by atoms with E-state index in [9.17, 15) is 9.90 Å². The van der Waals surface area contributed by atoms with Crippen LogP contribution in [0.2, 0.25) is 0 Å². The highest BCUT2D eigenvalue weighted by Crippen LogP contribution is 2.11. The van der Waals surface area contributed by atoms with Crippen molar-refractivity contribution in [2.75, 3.05) is 13.6 Å². The van der Waals surface area contributed by atoms with E-state index in [-0.39, 0.29) is 0 Å². The number of likely N-dealkylation sites (N-methyl/N-ethyl adjacent to an activating group) is 1. The number of aromatic carboxylic acids is 1. The van der Waals surface area contributed by atoms with E-state index in [0.717, 1.165) is 31.0 Å². The van der Waals surface area contributed by atoms with Crippen LogP contribution in [-0.4, -0.2) is 39.1 Å². The zero-order valence-electron chi connectivity index (χ0n) is 12.5. The summed E-state index contributed by atoms with van der Waals surface area (Å²) in [6, 6.07) is 7.17. The number of nitrogens with zero attached hydrogens (tertiary/aromatic N) is 3. The molecule has 0 fully saturated rings. The van der Waals surface area contributed by atoms with E-state index in [1.165, 1.54) is 0 Å². The summed E-state index contributed by atoms with van der Waals surface area (Å²) >= 11 is 0. The number of carboxylic acid groups (broad SMARTS) is 1. The molecule has 0 aliphatic carbocycles. The normalized spacial score (nSPS) is 11.0. The van der Waals surface area contributed by atoms with Gasteiger partial charge in [-0.3, -0.25) is 4.90 Å². The number of hydrogen-bond donors (Lipinski definition) is 1. The lowest BCUT2D eigenvalue weighted by Crippen LogP contribution is -2.23. The quantitative estimate of drug-likeness (QED) is 0.848. The molecule has 21 heavy (non-hydrogen) atoms. The highest BCUT2D eigenvalue weighted by atomic mass is 16.4. The first-order valence-electron chi connectivity index (χ1n) is 7.11. The molecule has 112 valence electrons. The van der Waals surface area contributed by atoms with Crippen molar-refractivity contribution in [3.63, 3.8) is 0 Å². The fraction of sp³-hybridized carbons (Fsp3) is 0.375. The zero-order valence-corrected chi connectivity index (χ0v) is 12.5. The zero-order chi connectivity index (χ0) is 15.2. The average molecular weight is 287 g/mol. The summed E-state index contributed by atoms with van der Waals surface area (Å²) < 4.78 is 2.11. The van der Waals surface area contributed by atoms with E-state index < -0.39 is 5.97 Å². The van der Waals surface area contributed by atoms with Gasteiger partial charge in [-0.2, -0.15) is 0 Å². The van der Waals surface area contributed by atoms with Crippen LogP contribution >= 0.6 is 0 Å². The first-order chi connectivity index (χ1) is 10.1. The summed E-state index contributed by atoms with van der Waals surface area (Å²) in [4.78, 5) is 17.7. The van der Waals surface area contributed by atoms with Gasteiger partial charge in [0.2, 0.25) is 0 Å². The number of carboxylic acids is 1. The van der Waals surface area contributed by atoms with Crippen molar-refractivity contribution in [1.82, 2.24) is 14.5 Å². The second kappa shape index (κ2) is 7.04. The van der Waals surface area contributed by atoms with Crippen molar-refractivity contribution in [3.8, 4) is 0 Å². The van der Waals surface area contributed by atoms with Crippen molar-refractivity contribution in [2.45, 2.75) is 26.4 Å². The van der Waals surface area contributed by atoms with Crippen molar-refractivity contribution in [2.24, 2.45) is 0 Å². The summed E-state index contributed by atoms with van der Waals surface area (Å²) in [5.74, 6) is 0.168. The van der Waals surface area contributed by atoms with Gasteiger partial charge < -0.3 is 9.67 Å². The maximum Gasteiger partial charge on any atom is 0.335 e. The topological polar surface area (TPSA) is 58.4 Å². The lowest BCUT2D eigenvalue weighted by atomic mass is 10.0. The monoisotopic (exact) mass is 287 g/mol. The minimum atomic E-state index is -0.866. The predicted molar refractivity (Wildman–Crippen MR) is 81.3 cm³/mol. The lowest BCUT2D eigenvalue weighted by Gasteiger charge is -2.17. The van der Waals surface area contributed by atoms with E-state index in [1.807, 2.05) is 31.6 Å². The highest BCUT2D eigenvalue weighted by molar-refractivity contribution is 5.89. The molecular formula is C16H21N3O2. The molecule has 5 heteroatoms. The second-order valence-corrected chi connectivity index (χ2v) is 5.08. The molecule has 1 N–H and O–H groups in total. The van der Waals surface area contributed by atoms with E-state index >= 15 is 0 Å². The SMILES string of the molecule is CCn1ccnc1CN(C)CCc1ccccc1C(=O)O. The van der Waals surface area contributed by atoms with Crippen LogP contribution in [0.1, 0.15) is 28.7 Å². The highest BCUT2D eigenvalue weighted by Gasteiger charge is 2.10. The molecule has 1 aromatic heterocycles. The van der Waals surface area contributed by atoms with Crippen molar-refractivity contribution in [1.29, 1.82) is 0 Å². The van der Waals surface area contributed by atoms with Crippen LogP contribution in [0.5, 0.6) is 0 Å². The van der Waals surface area contributed by atoms with Gasteiger partial charge in [0.25, 0.3) is 0 Å². The van der Waals surface area contributed by atoms with Crippen molar-refractivity contribution >= 4 is 5.97 Å². The Morgan fingerprint density at radius 3 is 2.86 bits per heavy atom. The Morgan fingerprint density at radius 2 is 2.14 bits per heavy atom. The standard InChI is InChI=1S/C16H21N3O2/c1-3-19-11-9-17-15(19)12-18(2)10-8-13-6-4-5-7-14(13)16(20)21/h4-7,9,11H,3,8,10,12H2,1-2H3,(H,20,21). The molecule has 0 unspecified atom stereocenters. The third-order valence-electron chi connectivity index (χ3n) is 3.56. The van der Waals surface area contributed by atoms with Gasteiger partial charge in [0, 0.05) is 25.5 Å². The molecule has 0 atom stereocenters. The Bertz CT molecular complexity index is 607. The predicted octanol–water partition coefficient (Wildman–Crippen LogP) is 2.28. The average Bonchev–Trinajstić information content (AvgIpc) is 2.92. The molecule has 0 saturated heterocycles. The Balaban J connectivity index is 1.95. The first-order valence-corrected chi connectivity index (χ1v) is 7.11. The van der Waals surface area contributed by atoms with E-state index in [4.69, 9.17) is 0 Å². The van der Waals surface area contributed by atoms with E-state index in [2.05, 4.69) is 21.4 Å². The molecule has 0 spiro atoms.